The van der Waals surface area contributed by atoms with Crippen LogP contribution in [0.25, 0.3) is 21.8 Å². The van der Waals surface area contributed by atoms with Crippen LogP contribution in [0, 0.1) is 0 Å². The van der Waals surface area contributed by atoms with Gasteiger partial charge in [-0.2, -0.15) is 0 Å². The Morgan fingerprint density at radius 2 is 1.69 bits per heavy atom. The summed E-state index contributed by atoms with van der Waals surface area (Å²) in [4.78, 5) is 3.49. The van der Waals surface area contributed by atoms with Crippen LogP contribution in [0.15, 0.2) is 48.5 Å². The highest BCUT2D eigenvalue weighted by molar-refractivity contribution is 6.42. The van der Waals surface area contributed by atoms with Crippen molar-refractivity contribution >= 4 is 68.0 Å². The van der Waals surface area contributed by atoms with Crippen LogP contribution in [0.4, 0.5) is 11.4 Å². The summed E-state index contributed by atoms with van der Waals surface area (Å²) < 4.78 is 0. The van der Waals surface area contributed by atoms with Gasteiger partial charge in [0.05, 0.1) is 10.0 Å². The number of hydrogen-bond acceptors (Lipinski definition) is 2. The molecule has 0 spiro atoms. The van der Waals surface area contributed by atoms with Crippen molar-refractivity contribution in [2.45, 2.75) is 6.42 Å². The molecule has 132 valence electrons. The van der Waals surface area contributed by atoms with Crippen LogP contribution in [0.2, 0.25) is 15.1 Å². The van der Waals surface area contributed by atoms with Crippen LogP contribution >= 0.6 is 34.8 Å². The molecule has 4 aromatic rings. The lowest BCUT2D eigenvalue weighted by molar-refractivity contribution is 0.975. The highest BCUT2D eigenvalue weighted by atomic mass is 35.5. The second-order valence-electron chi connectivity index (χ2n) is 6.17. The van der Waals surface area contributed by atoms with Crippen molar-refractivity contribution in [1.29, 1.82) is 0 Å². The van der Waals surface area contributed by atoms with Crippen LogP contribution in [-0.2, 0) is 6.42 Å². The van der Waals surface area contributed by atoms with Crippen molar-refractivity contribution in [2.75, 3.05) is 11.9 Å². The number of nitrogens with two attached hydrogens (primary N) is 1. The Morgan fingerprint density at radius 3 is 2.46 bits per heavy atom. The number of rotatable bonds is 4. The fourth-order valence-corrected chi connectivity index (χ4v) is 3.68. The first-order valence-corrected chi connectivity index (χ1v) is 9.34. The second-order valence-corrected chi connectivity index (χ2v) is 7.42. The summed E-state index contributed by atoms with van der Waals surface area (Å²) in [7, 11) is 0. The van der Waals surface area contributed by atoms with Gasteiger partial charge in [-0.3, -0.25) is 0 Å². The molecule has 0 bridgehead atoms. The first-order valence-electron chi connectivity index (χ1n) is 8.21. The number of hydrogen-bond donors (Lipinski definition) is 3. The number of halogens is 3. The van der Waals surface area contributed by atoms with E-state index in [0.29, 0.717) is 21.6 Å². The molecule has 0 amide bonds. The smallest absolute Gasteiger partial charge is 0.0612 e. The molecule has 0 saturated heterocycles. The third kappa shape index (κ3) is 3.24. The average molecular weight is 405 g/mol. The maximum atomic E-state index is 6.20. The lowest BCUT2D eigenvalue weighted by Crippen LogP contribution is -2.04. The highest BCUT2D eigenvalue weighted by Gasteiger charge is 2.11. The summed E-state index contributed by atoms with van der Waals surface area (Å²) >= 11 is 18.3. The van der Waals surface area contributed by atoms with E-state index in [1.165, 1.54) is 0 Å². The van der Waals surface area contributed by atoms with Gasteiger partial charge in [0.25, 0.3) is 0 Å². The molecule has 4 N–H and O–H groups in total. The minimum atomic E-state index is 0.513. The van der Waals surface area contributed by atoms with Crippen LogP contribution in [0.1, 0.15) is 5.56 Å². The van der Waals surface area contributed by atoms with Crippen LogP contribution in [0.5, 0.6) is 0 Å². The number of benzene rings is 3. The van der Waals surface area contributed by atoms with Crippen LogP contribution in [-0.4, -0.2) is 11.5 Å². The fourth-order valence-electron chi connectivity index (χ4n) is 3.21. The van der Waals surface area contributed by atoms with E-state index in [1.54, 1.807) is 6.07 Å². The number of H-pyrrole nitrogens is 1. The SMILES string of the molecule is NCCc1cc(Nc2ccc(Cl)c(Cl)c2)cc2c1[nH]c1ccc(Cl)cc12. The minimum absolute atomic E-state index is 0.513. The first kappa shape index (κ1) is 17.5. The third-order valence-electron chi connectivity index (χ3n) is 4.37. The molecule has 0 aliphatic rings. The highest BCUT2D eigenvalue weighted by Crippen LogP contribution is 2.34. The summed E-state index contributed by atoms with van der Waals surface area (Å²) in [5.41, 5.74) is 10.9. The number of fused-ring (bicyclic) bond motifs is 3. The largest absolute Gasteiger partial charge is 0.355 e. The molecule has 26 heavy (non-hydrogen) atoms. The van der Waals surface area contributed by atoms with E-state index in [1.807, 2.05) is 30.3 Å². The van der Waals surface area contributed by atoms with Crippen LogP contribution in [0.3, 0.4) is 0 Å². The lowest BCUT2D eigenvalue weighted by Gasteiger charge is -2.11. The van der Waals surface area contributed by atoms with Gasteiger partial charge in [-0.15, -0.1) is 0 Å². The molecular formula is C20H16Cl3N3. The normalized spacial score (nSPS) is 11.4. The summed E-state index contributed by atoms with van der Waals surface area (Å²) in [5, 5.41) is 7.35. The van der Waals surface area contributed by atoms with E-state index in [-0.39, 0.29) is 0 Å². The van der Waals surface area contributed by atoms with Gasteiger partial charge in [0.1, 0.15) is 0 Å². The average Bonchev–Trinajstić information content (AvgIpc) is 2.97. The molecule has 0 atom stereocenters. The Morgan fingerprint density at radius 1 is 0.846 bits per heavy atom. The van der Waals surface area contributed by atoms with Gasteiger partial charge in [0.15, 0.2) is 0 Å². The Kier molecular flexibility index (Phi) is 4.72. The topological polar surface area (TPSA) is 53.8 Å². The van der Waals surface area contributed by atoms with E-state index >= 15 is 0 Å². The van der Waals surface area contributed by atoms with Gasteiger partial charge in [0, 0.05) is 38.2 Å². The monoisotopic (exact) mass is 403 g/mol. The van der Waals surface area contributed by atoms with Crippen molar-refractivity contribution < 1.29 is 0 Å². The molecule has 3 aromatic carbocycles. The molecule has 0 fully saturated rings. The number of nitrogens with one attached hydrogen (secondary N) is 2. The van der Waals surface area contributed by atoms with Gasteiger partial charge < -0.3 is 16.0 Å². The molecule has 1 aromatic heterocycles. The molecule has 6 heteroatoms. The van der Waals surface area contributed by atoms with Gasteiger partial charge in [0.2, 0.25) is 0 Å². The summed E-state index contributed by atoms with van der Waals surface area (Å²) in [6.07, 6.45) is 0.772. The number of aromatic nitrogens is 1. The molecular weight excluding hydrogens is 389 g/mol. The number of anilines is 2. The van der Waals surface area contributed by atoms with Crippen LogP contribution < -0.4 is 11.1 Å². The Labute approximate surface area is 166 Å². The summed E-state index contributed by atoms with van der Waals surface area (Å²) in [6.45, 7) is 0.571. The van der Waals surface area contributed by atoms with Crippen molar-refractivity contribution in [1.82, 2.24) is 4.98 Å². The van der Waals surface area contributed by atoms with Crippen molar-refractivity contribution in [3.63, 3.8) is 0 Å². The maximum Gasteiger partial charge on any atom is 0.0612 e. The van der Waals surface area contributed by atoms with Gasteiger partial charge in [-0.1, -0.05) is 34.8 Å². The molecule has 0 aliphatic heterocycles. The molecule has 3 nitrogen and oxygen atoms in total. The molecule has 0 saturated carbocycles. The molecule has 1 heterocycles. The molecule has 4 rings (SSSR count). The Hall–Kier alpha value is -1.91. The first-order chi connectivity index (χ1) is 12.5. The number of aromatic amines is 1. The van der Waals surface area contributed by atoms with Crippen molar-refractivity contribution in [3.05, 3.63) is 69.2 Å². The van der Waals surface area contributed by atoms with E-state index in [9.17, 15) is 0 Å². The predicted molar refractivity (Wildman–Crippen MR) is 113 cm³/mol. The zero-order chi connectivity index (χ0) is 18.3. The maximum absolute atomic E-state index is 6.20. The van der Waals surface area contributed by atoms with Crippen molar-refractivity contribution in [2.24, 2.45) is 5.73 Å². The molecule has 0 radical (unpaired) electrons. The summed E-state index contributed by atoms with van der Waals surface area (Å²) in [6, 6.07) is 15.5. The zero-order valence-electron chi connectivity index (χ0n) is 13.7. The van der Waals surface area contributed by atoms with E-state index in [2.05, 4.69) is 22.4 Å². The Balaban J connectivity index is 1.87. The molecule has 0 aliphatic carbocycles. The van der Waals surface area contributed by atoms with Gasteiger partial charge >= 0.3 is 0 Å². The second kappa shape index (κ2) is 7.01. The summed E-state index contributed by atoms with van der Waals surface area (Å²) in [5.74, 6) is 0. The van der Waals surface area contributed by atoms with E-state index < -0.39 is 0 Å². The van der Waals surface area contributed by atoms with Gasteiger partial charge in [-0.25, -0.2) is 0 Å². The quantitative estimate of drug-likeness (QED) is 0.362. The fraction of sp³-hybridized carbons (Fsp3) is 0.100. The van der Waals surface area contributed by atoms with E-state index in [4.69, 9.17) is 40.5 Å². The molecule has 0 unspecified atom stereocenters. The lowest BCUT2D eigenvalue weighted by atomic mass is 10.0. The standard InChI is InChI=1S/C20H16Cl3N3/c21-12-1-4-19-15(8-12)16-9-14(7-11(5-6-24)20(16)26-19)25-13-2-3-17(22)18(23)10-13/h1-4,7-10,25-26H,5-6,24H2. The van der Waals surface area contributed by atoms with E-state index in [0.717, 1.165) is 45.2 Å². The minimum Gasteiger partial charge on any atom is -0.355 e. The Bertz CT molecular complexity index is 1120. The van der Waals surface area contributed by atoms with Gasteiger partial charge in [-0.05, 0) is 67.1 Å². The van der Waals surface area contributed by atoms with Crippen molar-refractivity contribution in [3.8, 4) is 0 Å². The zero-order valence-corrected chi connectivity index (χ0v) is 16.0. The third-order valence-corrected chi connectivity index (χ3v) is 5.35. The predicted octanol–water partition coefficient (Wildman–Crippen LogP) is 6.53.